The molecule has 1 aromatic carbocycles. The quantitative estimate of drug-likeness (QED) is 0.720. The van der Waals surface area contributed by atoms with Crippen molar-refractivity contribution in [2.45, 2.75) is 19.3 Å². The van der Waals surface area contributed by atoms with Crippen molar-refractivity contribution in [3.05, 3.63) is 27.2 Å². The Morgan fingerprint density at radius 2 is 1.56 bits per heavy atom. The summed E-state index contributed by atoms with van der Waals surface area (Å²) in [4.78, 5) is 28.1. The minimum absolute atomic E-state index is 0.131. The number of carbonyl (C=O) groups excluding carboxylic acids is 2. The van der Waals surface area contributed by atoms with Gasteiger partial charge in [-0.25, -0.2) is 0 Å². The van der Waals surface area contributed by atoms with E-state index in [9.17, 15) is 9.59 Å². The van der Waals surface area contributed by atoms with Crippen LogP contribution in [0.1, 0.15) is 19.3 Å². The lowest BCUT2D eigenvalue weighted by atomic mass is 9.84. The Balaban J connectivity index is 1.48. The molecule has 3 rings (SSSR count). The number of halogens is 3. The van der Waals surface area contributed by atoms with Crippen LogP contribution in [0.2, 0.25) is 15.1 Å². The molecule has 136 valence electrons. The van der Waals surface area contributed by atoms with Crippen LogP contribution in [0, 0.1) is 5.92 Å². The van der Waals surface area contributed by atoms with Crippen LogP contribution < -0.4 is 4.74 Å². The zero-order chi connectivity index (χ0) is 18.0. The minimum Gasteiger partial charge on any atom is -0.482 e. The maximum absolute atomic E-state index is 12.3. The first-order valence-electron chi connectivity index (χ1n) is 8.29. The Labute approximate surface area is 161 Å². The van der Waals surface area contributed by atoms with Crippen LogP contribution in [0.15, 0.2) is 12.1 Å². The molecular weight excluding hydrogens is 387 g/mol. The van der Waals surface area contributed by atoms with Gasteiger partial charge in [0.15, 0.2) is 6.61 Å². The zero-order valence-electron chi connectivity index (χ0n) is 13.6. The second-order valence-corrected chi connectivity index (χ2v) is 7.54. The van der Waals surface area contributed by atoms with Gasteiger partial charge in [0, 0.05) is 38.2 Å². The average molecular weight is 406 g/mol. The first kappa shape index (κ1) is 18.6. The van der Waals surface area contributed by atoms with Crippen molar-refractivity contribution in [3.63, 3.8) is 0 Å². The third-order valence-electron chi connectivity index (χ3n) is 4.72. The maximum atomic E-state index is 12.3. The van der Waals surface area contributed by atoms with Crippen molar-refractivity contribution >= 4 is 46.6 Å². The molecule has 0 radical (unpaired) electrons. The van der Waals surface area contributed by atoms with Gasteiger partial charge in [-0.05, 0) is 18.9 Å². The van der Waals surface area contributed by atoms with Crippen molar-refractivity contribution in [3.8, 4) is 5.75 Å². The number of amides is 2. The molecule has 25 heavy (non-hydrogen) atoms. The van der Waals surface area contributed by atoms with Crippen molar-refractivity contribution in [1.82, 2.24) is 9.80 Å². The highest BCUT2D eigenvalue weighted by molar-refractivity contribution is 6.43. The normalized spacial score (nSPS) is 18.0. The highest BCUT2D eigenvalue weighted by atomic mass is 35.5. The van der Waals surface area contributed by atoms with Crippen LogP contribution in [-0.4, -0.2) is 54.4 Å². The van der Waals surface area contributed by atoms with Crippen molar-refractivity contribution < 1.29 is 14.3 Å². The first-order chi connectivity index (χ1) is 12.0. The SMILES string of the molecule is O=C(COc1cc(Cl)c(Cl)cc1Cl)N1CCN(C(=O)C2CCC2)CC1. The fraction of sp³-hybridized carbons (Fsp3) is 0.529. The van der Waals surface area contributed by atoms with E-state index in [4.69, 9.17) is 39.5 Å². The lowest BCUT2D eigenvalue weighted by Gasteiger charge is -2.38. The Morgan fingerprint density at radius 3 is 2.16 bits per heavy atom. The van der Waals surface area contributed by atoms with Crippen LogP contribution in [0.3, 0.4) is 0 Å². The molecule has 5 nitrogen and oxygen atoms in total. The van der Waals surface area contributed by atoms with E-state index in [1.54, 1.807) is 4.90 Å². The van der Waals surface area contributed by atoms with Crippen LogP contribution in [0.5, 0.6) is 5.75 Å². The Bertz CT molecular complexity index is 671. The van der Waals surface area contributed by atoms with Gasteiger partial charge in [-0.2, -0.15) is 0 Å². The number of nitrogens with zero attached hydrogens (tertiary/aromatic N) is 2. The van der Waals surface area contributed by atoms with Crippen LogP contribution >= 0.6 is 34.8 Å². The number of hydrogen-bond donors (Lipinski definition) is 0. The number of ether oxygens (including phenoxy) is 1. The Morgan fingerprint density at radius 1 is 0.960 bits per heavy atom. The summed E-state index contributed by atoms with van der Waals surface area (Å²) in [5.41, 5.74) is 0. The van der Waals surface area contributed by atoms with Gasteiger partial charge in [0.25, 0.3) is 5.91 Å². The Hall–Kier alpha value is -1.17. The predicted molar refractivity (Wildman–Crippen MR) is 97.5 cm³/mol. The molecule has 1 aliphatic heterocycles. The summed E-state index contributed by atoms with van der Waals surface area (Å²) < 4.78 is 5.48. The lowest BCUT2D eigenvalue weighted by Crippen LogP contribution is -2.53. The van der Waals surface area contributed by atoms with Gasteiger partial charge in [0.05, 0.1) is 15.1 Å². The molecule has 0 spiro atoms. The molecule has 0 atom stereocenters. The minimum atomic E-state index is -0.141. The molecule has 2 aliphatic rings. The molecular formula is C17H19Cl3N2O3. The number of carbonyl (C=O) groups is 2. The molecule has 1 heterocycles. The molecule has 2 amide bonds. The second kappa shape index (κ2) is 8.02. The van der Waals surface area contributed by atoms with E-state index in [2.05, 4.69) is 0 Å². The van der Waals surface area contributed by atoms with E-state index >= 15 is 0 Å². The van der Waals surface area contributed by atoms with Gasteiger partial charge >= 0.3 is 0 Å². The molecule has 1 saturated heterocycles. The van der Waals surface area contributed by atoms with Gasteiger partial charge in [-0.15, -0.1) is 0 Å². The summed E-state index contributed by atoms with van der Waals surface area (Å²) in [6.45, 7) is 2.07. The third kappa shape index (κ3) is 4.33. The summed E-state index contributed by atoms with van der Waals surface area (Å²) in [7, 11) is 0. The second-order valence-electron chi connectivity index (χ2n) is 6.32. The maximum Gasteiger partial charge on any atom is 0.260 e. The highest BCUT2D eigenvalue weighted by Crippen LogP contribution is 2.34. The smallest absolute Gasteiger partial charge is 0.260 e. The monoisotopic (exact) mass is 404 g/mol. The van der Waals surface area contributed by atoms with Crippen molar-refractivity contribution in [2.24, 2.45) is 5.92 Å². The van der Waals surface area contributed by atoms with E-state index < -0.39 is 0 Å². The fourth-order valence-electron chi connectivity index (χ4n) is 2.94. The topological polar surface area (TPSA) is 49.9 Å². The van der Waals surface area contributed by atoms with Crippen LogP contribution in [0.25, 0.3) is 0 Å². The molecule has 8 heteroatoms. The molecule has 1 saturated carbocycles. The van der Waals surface area contributed by atoms with Crippen LogP contribution in [0.4, 0.5) is 0 Å². The average Bonchev–Trinajstić information content (AvgIpc) is 2.55. The van der Waals surface area contributed by atoms with Gasteiger partial charge in [-0.1, -0.05) is 41.2 Å². The molecule has 2 fully saturated rings. The standard InChI is InChI=1S/C17H19Cl3N2O3/c18-12-8-14(20)15(9-13(12)19)25-10-16(23)21-4-6-22(7-5-21)17(24)11-2-1-3-11/h8-9,11H,1-7,10H2. The molecule has 0 unspecified atom stereocenters. The summed E-state index contributed by atoms with van der Waals surface area (Å²) in [6, 6.07) is 2.98. The third-order valence-corrected chi connectivity index (χ3v) is 5.74. The molecule has 0 N–H and O–H groups in total. The fourth-order valence-corrected chi connectivity index (χ4v) is 3.53. The summed E-state index contributed by atoms with van der Waals surface area (Å²) >= 11 is 17.8. The van der Waals surface area contributed by atoms with Crippen LogP contribution in [-0.2, 0) is 9.59 Å². The van der Waals surface area contributed by atoms with E-state index in [1.807, 2.05) is 4.90 Å². The van der Waals surface area contributed by atoms with Gasteiger partial charge < -0.3 is 14.5 Å². The first-order valence-corrected chi connectivity index (χ1v) is 9.43. The molecule has 1 aromatic rings. The van der Waals surface area contributed by atoms with Gasteiger partial charge in [-0.3, -0.25) is 9.59 Å². The molecule has 1 aliphatic carbocycles. The van der Waals surface area contributed by atoms with E-state index in [-0.39, 0.29) is 24.3 Å². The van der Waals surface area contributed by atoms with Gasteiger partial charge in [0.1, 0.15) is 5.75 Å². The zero-order valence-corrected chi connectivity index (χ0v) is 15.9. The van der Waals surface area contributed by atoms with Crippen molar-refractivity contribution in [2.75, 3.05) is 32.8 Å². The number of benzene rings is 1. The highest BCUT2D eigenvalue weighted by Gasteiger charge is 2.32. The van der Waals surface area contributed by atoms with E-state index in [0.29, 0.717) is 47.0 Å². The number of rotatable bonds is 4. The lowest BCUT2D eigenvalue weighted by molar-refractivity contribution is -0.144. The number of hydrogen-bond acceptors (Lipinski definition) is 3. The van der Waals surface area contributed by atoms with E-state index in [1.165, 1.54) is 12.1 Å². The molecule has 0 aromatic heterocycles. The summed E-state index contributed by atoms with van der Waals surface area (Å²) in [5.74, 6) is 0.612. The van der Waals surface area contributed by atoms with Gasteiger partial charge in [0.2, 0.25) is 5.91 Å². The Kier molecular flexibility index (Phi) is 5.97. The summed E-state index contributed by atoms with van der Waals surface area (Å²) in [5, 5.41) is 0.951. The molecule has 0 bridgehead atoms. The predicted octanol–water partition coefficient (Wildman–Crippen LogP) is 3.50. The van der Waals surface area contributed by atoms with Crippen molar-refractivity contribution in [1.29, 1.82) is 0 Å². The number of piperazine rings is 1. The van der Waals surface area contributed by atoms with E-state index in [0.717, 1.165) is 19.3 Å². The summed E-state index contributed by atoms with van der Waals surface area (Å²) in [6.07, 6.45) is 3.13. The largest absolute Gasteiger partial charge is 0.482 e.